The normalized spacial score (nSPS) is 15.3. The van der Waals surface area contributed by atoms with Gasteiger partial charge in [0.15, 0.2) is 5.11 Å². The maximum absolute atomic E-state index is 13.6. The molecule has 11 heteroatoms. The number of rotatable bonds is 8. The van der Waals surface area contributed by atoms with Gasteiger partial charge in [-0.05, 0) is 74.6 Å². The van der Waals surface area contributed by atoms with Crippen LogP contribution >= 0.6 is 23.8 Å². The smallest absolute Gasteiger partial charge is 0.338 e. The number of nitrogens with one attached hydrogen (secondary N) is 1. The second kappa shape index (κ2) is 11.1. The third-order valence-corrected chi connectivity index (χ3v) is 6.81. The Hall–Kier alpha value is -3.76. The number of carbonyl (C=O) groups excluding carboxylic acids is 3. The van der Waals surface area contributed by atoms with E-state index >= 15 is 0 Å². The summed E-state index contributed by atoms with van der Waals surface area (Å²) in [5.41, 5.74) is 3.25. The number of benzene rings is 2. The minimum absolute atomic E-state index is 0.113. The molecule has 1 aliphatic heterocycles. The van der Waals surface area contributed by atoms with E-state index in [9.17, 15) is 14.4 Å². The highest BCUT2D eigenvalue weighted by Crippen LogP contribution is 2.30. The van der Waals surface area contributed by atoms with E-state index in [1.165, 1.54) is 4.90 Å². The summed E-state index contributed by atoms with van der Waals surface area (Å²) in [6, 6.07) is 12.3. The van der Waals surface area contributed by atoms with Crippen molar-refractivity contribution in [1.29, 1.82) is 0 Å². The number of thiocarbonyl (C=S) groups is 1. The Bertz CT molecular complexity index is 1340. The van der Waals surface area contributed by atoms with E-state index in [-0.39, 0.29) is 30.0 Å². The number of aryl methyl sites for hydroxylation is 1. The molecule has 37 heavy (non-hydrogen) atoms. The third-order valence-electron chi connectivity index (χ3n) is 6.14. The lowest BCUT2D eigenvalue weighted by atomic mass is 10.1. The molecule has 0 radical (unpaired) electrons. The monoisotopic (exact) mass is 539 g/mol. The zero-order valence-electron chi connectivity index (χ0n) is 20.6. The van der Waals surface area contributed by atoms with E-state index in [2.05, 4.69) is 10.4 Å². The second-order valence-electron chi connectivity index (χ2n) is 8.51. The Kier molecular flexibility index (Phi) is 7.89. The first kappa shape index (κ1) is 26.3. The van der Waals surface area contributed by atoms with E-state index in [1.807, 2.05) is 14.0 Å². The van der Waals surface area contributed by atoms with Crippen LogP contribution in [0.25, 0.3) is 0 Å². The number of halogens is 1. The Morgan fingerprint density at radius 2 is 1.81 bits per heavy atom. The minimum atomic E-state index is -0.830. The lowest BCUT2D eigenvalue weighted by Crippen LogP contribution is -2.37. The number of anilines is 2. The van der Waals surface area contributed by atoms with Crippen molar-refractivity contribution >= 4 is 58.1 Å². The van der Waals surface area contributed by atoms with Crippen molar-refractivity contribution in [2.45, 2.75) is 32.9 Å². The predicted molar refractivity (Wildman–Crippen MR) is 144 cm³/mol. The quantitative estimate of drug-likeness (QED) is 0.340. The zero-order valence-corrected chi connectivity index (χ0v) is 22.2. The number of hydrogen-bond acceptors (Lipinski definition) is 6. The molecule has 1 aliphatic rings. The summed E-state index contributed by atoms with van der Waals surface area (Å²) in [4.78, 5) is 41.8. The zero-order chi connectivity index (χ0) is 26.7. The fraction of sp³-hybridized carbons (Fsp3) is 0.269. The van der Waals surface area contributed by atoms with Gasteiger partial charge in [0.05, 0.1) is 30.5 Å². The van der Waals surface area contributed by atoms with Gasteiger partial charge in [0.25, 0.3) is 5.91 Å². The molecule has 1 saturated heterocycles. The molecule has 0 aliphatic carbocycles. The first-order valence-corrected chi connectivity index (χ1v) is 12.4. The Labute approximate surface area is 224 Å². The lowest BCUT2D eigenvalue weighted by Gasteiger charge is -2.23. The second-order valence-corrected chi connectivity index (χ2v) is 9.31. The summed E-state index contributed by atoms with van der Waals surface area (Å²) in [6.07, 6.45) is 1.61. The molecule has 9 nitrogen and oxygen atoms in total. The summed E-state index contributed by atoms with van der Waals surface area (Å²) in [5, 5.41) is 7.91. The molecule has 3 aromatic rings. The van der Waals surface area contributed by atoms with Gasteiger partial charge < -0.3 is 15.0 Å². The average molecular weight is 540 g/mol. The van der Waals surface area contributed by atoms with Crippen LogP contribution < -0.4 is 10.2 Å². The average Bonchev–Trinajstić information content (AvgIpc) is 3.31. The number of amides is 2. The number of hydrogen-bond donors (Lipinski definition) is 1. The molecule has 192 valence electrons. The van der Waals surface area contributed by atoms with E-state index in [4.69, 9.17) is 28.6 Å². The van der Waals surface area contributed by atoms with Gasteiger partial charge in [-0.2, -0.15) is 5.10 Å². The molecule has 0 bridgehead atoms. The molecule has 0 saturated carbocycles. The van der Waals surface area contributed by atoms with Crippen molar-refractivity contribution in [3.05, 3.63) is 76.6 Å². The van der Waals surface area contributed by atoms with Crippen molar-refractivity contribution in [1.82, 2.24) is 14.7 Å². The summed E-state index contributed by atoms with van der Waals surface area (Å²) in [6.45, 7) is 4.23. The number of esters is 1. The fourth-order valence-corrected chi connectivity index (χ4v) is 4.53. The number of nitrogens with zero attached hydrogens (tertiary/aromatic N) is 4. The predicted octanol–water partition coefficient (Wildman–Crippen LogP) is 4.09. The third kappa shape index (κ3) is 5.65. The lowest BCUT2D eigenvalue weighted by molar-refractivity contribution is -0.124. The van der Waals surface area contributed by atoms with Crippen LogP contribution in [0, 0.1) is 6.92 Å². The maximum Gasteiger partial charge on any atom is 0.338 e. The molecule has 1 atom stereocenters. The SMILES string of the molecule is CCOC(=O)c1ccc(N2C(=O)C(CC(=O)Nc3ccc(Cl)cc3)N(Cc3cnn(C)c3C)C2=S)cc1. The van der Waals surface area contributed by atoms with E-state index in [1.54, 1.807) is 71.2 Å². The Balaban J connectivity index is 1.60. The van der Waals surface area contributed by atoms with Crippen LogP contribution in [0.15, 0.2) is 54.7 Å². The molecule has 1 aromatic heterocycles. The molecule has 2 heterocycles. The standard InChI is InChI=1S/C26H26ClN5O4S/c1-4-36-25(35)17-5-11-21(12-6-17)32-24(34)22(13-23(33)29-20-9-7-19(27)8-10-20)31(26(32)37)15-18-14-28-30(3)16(18)2/h5-12,14,22H,4,13,15H2,1-3H3,(H,29,33). The molecule has 1 N–H and O–H groups in total. The molecule has 1 fully saturated rings. The van der Waals surface area contributed by atoms with Crippen molar-refractivity contribution < 1.29 is 19.1 Å². The number of aromatic nitrogens is 2. The van der Waals surface area contributed by atoms with Crippen molar-refractivity contribution in [3.63, 3.8) is 0 Å². The largest absolute Gasteiger partial charge is 0.462 e. The van der Waals surface area contributed by atoms with Crippen molar-refractivity contribution in [2.75, 3.05) is 16.8 Å². The minimum Gasteiger partial charge on any atom is -0.462 e. The van der Waals surface area contributed by atoms with Gasteiger partial charge >= 0.3 is 5.97 Å². The van der Waals surface area contributed by atoms with Crippen molar-refractivity contribution in [3.8, 4) is 0 Å². The van der Waals surface area contributed by atoms with Crippen LogP contribution in [0.3, 0.4) is 0 Å². The summed E-state index contributed by atoms with van der Waals surface area (Å²) in [5.74, 6) is -1.12. The Morgan fingerprint density at radius 1 is 1.14 bits per heavy atom. The van der Waals surface area contributed by atoms with Crippen LogP contribution in [0.1, 0.15) is 35.0 Å². The molecule has 1 unspecified atom stereocenters. The number of ether oxygens (including phenoxy) is 1. The van der Waals surface area contributed by atoms with Crippen LogP contribution in [0.2, 0.25) is 5.02 Å². The molecular formula is C26H26ClN5O4S. The van der Waals surface area contributed by atoms with Gasteiger partial charge in [-0.1, -0.05) is 11.6 Å². The maximum atomic E-state index is 13.6. The van der Waals surface area contributed by atoms with Gasteiger partial charge in [-0.15, -0.1) is 0 Å². The van der Waals surface area contributed by atoms with Gasteiger partial charge in [-0.25, -0.2) is 4.79 Å². The van der Waals surface area contributed by atoms with Crippen LogP contribution in [-0.4, -0.2) is 50.2 Å². The van der Waals surface area contributed by atoms with E-state index in [0.717, 1.165) is 11.3 Å². The topological polar surface area (TPSA) is 96.8 Å². The van der Waals surface area contributed by atoms with Gasteiger partial charge in [0.2, 0.25) is 5.91 Å². The first-order valence-electron chi connectivity index (χ1n) is 11.6. The van der Waals surface area contributed by atoms with Gasteiger partial charge in [-0.3, -0.25) is 19.2 Å². The van der Waals surface area contributed by atoms with Crippen LogP contribution in [-0.2, 0) is 27.9 Å². The van der Waals surface area contributed by atoms with Gasteiger partial charge in [0, 0.05) is 35.6 Å². The van der Waals surface area contributed by atoms with E-state index < -0.39 is 12.0 Å². The molecule has 0 spiro atoms. The number of carbonyl (C=O) groups is 3. The molecule has 2 aromatic carbocycles. The molecule has 4 rings (SSSR count). The highest BCUT2D eigenvalue weighted by molar-refractivity contribution is 7.80. The highest BCUT2D eigenvalue weighted by Gasteiger charge is 2.44. The first-order chi connectivity index (χ1) is 17.7. The Morgan fingerprint density at radius 3 is 2.41 bits per heavy atom. The van der Waals surface area contributed by atoms with Crippen LogP contribution in [0.4, 0.5) is 11.4 Å². The summed E-state index contributed by atoms with van der Waals surface area (Å²) in [7, 11) is 1.83. The highest BCUT2D eigenvalue weighted by atomic mass is 35.5. The summed E-state index contributed by atoms with van der Waals surface area (Å²) < 4.78 is 6.78. The van der Waals surface area contributed by atoms with E-state index in [0.29, 0.717) is 28.5 Å². The fourth-order valence-electron chi connectivity index (χ4n) is 4.02. The molecular weight excluding hydrogens is 514 g/mol. The summed E-state index contributed by atoms with van der Waals surface area (Å²) >= 11 is 11.7. The molecule has 2 amide bonds. The van der Waals surface area contributed by atoms with Crippen LogP contribution in [0.5, 0.6) is 0 Å². The van der Waals surface area contributed by atoms with Gasteiger partial charge in [0.1, 0.15) is 6.04 Å². The van der Waals surface area contributed by atoms with Crippen molar-refractivity contribution in [2.24, 2.45) is 7.05 Å².